The van der Waals surface area contributed by atoms with Crippen LogP contribution in [0.4, 0.5) is 4.39 Å². The Morgan fingerprint density at radius 1 is 1.12 bits per heavy atom. The van der Waals surface area contributed by atoms with Crippen molar-refractivity contribution in [3.63, 3.8) is 0 Å². The van der Waals surface area contributed by atoms with Gasteiger partial charge in [-0.1, -0.05) is 45.8 Å². The van der Waals surface area contributed by atoms with Crippen molar-refractivity contribution in [3.8, 4) is 0 Å². The van der Waals surface area contributed by atoms with E-state index in [-0.39, 0.29) is 11.9 Å². The van der Waals surface area contributed by atoms with Crippen molar-refractivity contribution in [2.45, 2.75) is 13.0 Å². The van der Waals surface area contributed by atoms with Crippen LogP contribution in [-0.4, -0.2) is 0 Å². The zero-order valence-corrected chi connectivity index (χ0v) is 11.0. The van der Waals surface area contributed by atoms with Gasteiger partial charge >= 0.3 is 0 Å². The summed E-state index contributed by atoms with van der Waals surface area (Å²) in [6.45, 7) is 2.01. The molecule has 88 valence electrons. The molecule has 2 aromatic rings. The minimum absolute atomic E-state index is 0.280. The molecule has 3 heteroatoms. The molecule has 0 spiro atoms. The fourth-order valence-electron chi connectivity index (χ4n) is 1.81. The van der Waals surface area contributed by atoms with E-state index in [1.165, 1.54) is 12.1 Å². The number of hydrogen-bond donors (Lipinski definition) is 1. The van der Waals surface area contributed by atoms with Crippen molar-refractivity contribution in [2.75, 3.05) is 0 Å². The van der Waals surface area contributed by atoms with Crippen molar-refractivity contribution in [1.29, 1.82) is 0 Å². The molecule has 0 bridgehead atoms. The first-order chi connectivity index (χ1) is 8.06. The summed E-state index contributed by atoms with van der Waals surface area (Å²) in [5.41, 5.74) is 9.04. The van der Waals surface area contributed by atoms with E-state index in [4.69, 9.17) is 5.73 Å². The first kappa shape index (κ1) is 12.3. The van der Waals surface area contributed by atoms with Crippen LogP contribution in [0.1, 0.15) is 22.7 Å². The van der Waals surface area contributed by atoms with Crippen LogP contribution in [0.3, 0.4) is 0 Å². The van der Waals surface area contributed by atoms with Gasteiger partial charge in [-0.05, 0) is 36.2 Å². The van der Waals surface area contributed by atoms with Crippen molar-refractivity contribution in [1.82, 2.24) is 0 Å². The van der Waals surface area contributed by atoms with Gasteiger partial charge < -0.3 is 5.73 Å². The Balaban J connectivity index is 2.39. The van der Waals surface area contributed by atoms with Gasteiger partial charge in [-0.15, -0.1) is 0 Å². The average molecular weight is 294 g/mol. The smallest absolute Gasteiger partial charge is 0.124 e. The third-order valence-electron chi connectivity index (χ3n) is 2.65. The van der Waals surface area contributed by atoms with E-state index in [1.54, 1.807) is 0 Å². The molecule has 0 aromatic heterocycles. The Kier molecular flexibility index (Phi) is 3.60. The van der Waals surface area contributed by atoms with Gasteiger partial charge in [0.25, 0.3) is 0 Å². The standard InChI is InChI=1S/C14H13BrFN/c1-9-3-2-4-10(5-9)14(17)11-6-12(15)8-13(16)7-11/h2-8,14H,17H2,1H3. The summed E-state index contributed by atoms with van der Waals surface area (Å²) in [6.07, 6.45) is 0. The number of benzene rings is 2. The van der Waals surface area contributed by atoms with Crippen molar-refractivity contribution in [3.05, 3.63) is 69.4 Å². The third kappa shape index (κ3) is 2.93. The highest BCUT2D eigenvalue weighted by Gasteiger charge is 2.10. The summed E-state index contributed by atoms with van der Waals surface area (Å²) in [6, 6.07) is 12.4. The fraction of sp³-hybridized carbons (Fsp3) is 0.143. The first-order valence-corrected chi connectivity index (χ1v) is 6.14. The second-order valence-electron chi connectivity index (χ2n) is 4.09. The molecule has 0 aliphatic carbocycles. The molecule has 0 heterocycles. The number of aryl methyl sites for hydroxylation is 1. The molecule has 2 aromatic carbocycles. The molecule has 0 radical (unpaired) electrons. The molecule has 0 amide bonds. The summed E-state index contributed by atoms with van der Waals surface area (Å²) in [7, 11) is 0. The molecule has 0 fully saturated rings. The van der Waals surface area contributed by atoms with E-state index < -0.39 is 0 Å². The molecular weight excluding hydrogens is 281 g/mol. The number of nitrogens with two attached hydrogens (primary N) is 1. The average Bonchev–Trinajstić information content (AvgIpc) is 2.26. The van der Waals surface area contributed by atoms with E-state index in [9.17, 15) is 4.39 Å². The Hall–Kier alpha value is -1.19. The zero-order chi connectivity index (χ0) is 12.4. The van der Waals surface area contributed by atoms with E-state index in [0.717, 1.165) is 16.7 Å². The summed E-state index contributed by atoms with van der Waals surface area (Å²) in [5.74, 6) is -0.280. The predicted octanol–water partition coefficient (Wildman–Crippen LogP) is 3.94. The molecule has 2 rings (SSSR count). The predicted molar refractivity (Wildman–Crippen MR) is 71.3 cm³/mol. The van der Waals surface area contributed by atoms with Crippen LogP contribution >= 0.6 is 15.9 Å². The van der Waals surface area contributed by atoms with Gasteiger partial charge in [0.2, 0.25) is 0 Å². The summed E-state index contributed by atoms with van der Waals surface area (Å²) in [4.78, 5) is 0. The second-order valence-corrected chi connectivity index (χ2v) is 5.01. The molecule has 1 nitrogen and oxygen atoms in total. The van der Waals surface area contributed by atoms with Crippen LogP contribution in [0.25, 0.3) is 0 Å². The summed E-state index contributed by atoms with van der Waals surface area (Å²) >= 11 is 3.27. The van der Waals surface area contributed by atoms with Gasteiger partial charge in [0.1, 0.15) is 5.82 Å². The lowest BCUT2D eigenvalue weighted by Crippen LogP contribution is -2.12. The highest BCUT2D eigenvalue weighted by molar-refractivity contribution is 9.10. The molecule has 0 aliphatic rings. The quantitative estimate of drug-likeness (QED) is 0.892. The molecule has 1 atom stereocenters. The largest absolute Gasteiger partial charge is 0.320 e. The van der Waals surface area contributed by atoms with Crippen LogP contribution in [0.5, 0.6) is 0 Å². The highest BCUT2D eigenvalue weighted by atomic mass is 79.9. The van der Waals surface area contributed by atoms with Crippen molar-refractivity contribution < 1.29 is 4.39 Å². The van der Waals surface area contributed by atoms with Crippen molar-refractivity contribution >= 4 is 15.9 Å². The topological polar surface area (TPSA) is 26.0 Å². The Bertz CT molecular complexity index is 519. The normalized spacial score (nSPS) is 12.5. The van der Waals surface area contributed by atoms with Crippen LogP contribution in [0, 0.1) is 12.7 Å². The maximum Gasteiger partial charge on any atom is 0.124 e. The van der Waals surface area contributed by atoms with Crippen LogP contribution < -0.4 is 5.73 Å². The van der Waals surface area contributed by atoms with Gasteiger partial charge in [0.05, 0.1) is 6.04 Å². The van der Waals surface area contributed by atoms with Gasteiger partial charge in [-0.3, -0.25) is 0 Å². The number of rotatable bonds is 2. The lowest BCUT2D eigenvalue weighted by molar-refractivity contribution is 0.622. The Labute approximate surface area is 109 Å². The van der Waals surface area contributed by atoms with E-state index >= 15 is 0 Å². The maximum atomic E-state index is 13.3. The van der Waals surface area contributed by atoms with Crippen LogP contribution in [0.2, 0.25) is 0 Å². The molecule has 1 unspecified atom stereocenters. The molecular formula is C14H13BrFN. The lowest BCUT2D eigenvalue weighted by atomic mass is 9.98. The molecule has 17 heavy (non-hydrogen) atoms. The summed E-state index contributed by atoms with van der Waals surface area (Å²) in [5, 5.41) is 0. The van der Waals surface area contributed by atoms with Gasteiger partial charge in [-0.2, -0.15) is 0 Å². The molecule has 2 N–H and O–H groups in total. The Morgan fingerprint density at radius 2 is 1.88 bits per heavy atom. The van der Waals surface area contributed by atoms with Gasteiger partial charge in [0, 0.05) is 4.47 Å². The van der Waals surface area contributed by atoms with E-state index in [2.05, 4.69) is 15.9 Å². The van der Waals surface area contributed by atoms with Crippen LogP contribution in [0.15, 0.2) is 46.9 Å². The monoisotopic (exact) mass is 293 g/mol. The van der Waals surface area contributed by atoms with E-state index in [0.29, 0.717) is 4.47 Å². The Morgan fingerprint density at radius 3 is 2.53 bits per heavy atom. The lowest BCUT2D eigenvalue weighted by Gasteiger charge is -2.13. The highest BCUT2D eigenvalue weighted by Crippen LogP contribution is 2.24. The zero-order valence-electron chi connectivity index (χ0n) is 9.45. The van der Waals surface area contributed by atoms with Gasteiger partial charge in [-0.25, -0.2) is 4.39 Å². The second kappa shape index (κ2) is 4.98. The summed E-state index contributed by atoms with van der Waals surface area (Å²) < 4.78 is 14.0. The molecule has 0 saturated heterocycles. The minimum Gasteiger partial charge on any atom is -0.320 e. The minimum atomic E-state index is -0.304. The van der Waals surface area contributed by atoms with Gasteiger partial charge in [0.15, 0.2) is 0 Å². The third-order valence-corrected chi connectivity index (χ3v) is 3.10. The van der Waals surface area contributed by atoms with Crippen molar-refractivity contribution in [2.24, 2.45) is 5.73 Å². The SMILES string of the molecule is Cc1cccc(C(N)c2cc(F)cc(Br)c2)c1. The van der Waals surface area contributed by atoms with E-state index in [1.807, 2.05) is 37.3 Å². The first-order valence-electron chi connectivity index (χ1n) is 5.34. The maximum absolute atomic E-state index is 13.3. The number of hydrogen-bond acceptors (Lipinski definition) is 1. The van der Waals surface area contributed by atoms with Crippen LogP contribution in [-0.2, 0) is 0 Å². The number of halogens is 2. The molecule has 0 saturated carbocycles. The molecule has 0 aliphatic heterocycles. The fourth-order valence-corrected chi connectivity index (χ4v) is 2.29.